The fourth-order valence-corrected chi connectivity index (χ4v) is 7.64. The Kier molecular flexibility index (Phi) is 3.97. The van der Waals surface area contributed by atoms with Gasteiger partial charge in [0.25, 0.3) is 0 Å². The molecular weight excluding hydrogens is 537 g/mol. The molecule has 0 unspecified atom stereocenters. The Balaban J connectivity index is 1.46. The number of hydrogen-bond donors (Lipinski definition) is 0. The van der Waals surface area contributed by atoms with E-state index < -0.39 is 24.2 Å². The van der Waals surface area contributed by atoms with E-state index in [1.54, 1.807) is 11.3 Å². The molecule has 0 bridgehead atoms. The molecule has 0 N–H and O–H groups in total. The summed E-state index contributed by atoms with van der Waals surface area (Å²) in [4.78, 5) is 0. The zero-order valence-corrected chi connectivity index (χ0v) is 23.6. The van der Waals surface area contributed by atoms with Gasteiger partial charge in [0, 0.05) is 25.7 Å². The van der Waals surface area contributed by atoms with Crippen molar-refractivity contribution < 1.29 is 11.0 Å². The Morgan fingerprint density at radius 1 is 0.395 bits per heavy atom. The van der Waals surface area contributed by atoms with Crippen LogP contribution in [0.25, 0.3) is 85.9 Å². The van der Waals surface area contributed by atoms with Crippen molar-refractivity contribution in [2.45, 2.75) is 0 Å². The van der Waals surface area contributed by atoms with Crippen LogP contribution in [0.1, 0.15) is 11.0 Å². The first-order valence-electron chi connectivity index (χ1n) is 18.1. The van der Waals surface area contributed by atoms with Gasteiger partial charge in [-0.15, -0.1) is 11.3 Å². The van der Waals surface area contributed by atoms with Gasteiger partial charge in [-0.3, -0.25) is 0 Å². The summed E-state index contributed by atoms with van der Waals surface area (Å²) in [6, 6.07) is 33.0. The van der Waals surface area contributed by atoms with Crippen molar-refractivity contribution in [3.05, 3.63) is 158 Å². The normalized spacial score (nSPS) is 14.3. The number of fused-ring (bicyclic) bond motifs is 6. The molecule has 0 amide bonds. The Hall–Kier alpha value is -5.24. The molecule has 1 aromatic heterocycles. The van der Waals surface area contributed by atoms with Gasteiger partial charge < -0.3 is 0 Å². The van der Waals surface area contributed by atoms with E-state index in [-0.39, 0.29) is 45.7 Å². The number of rotatable bonds is 3. The van der Waals surface area contributed by atoms with E-state index in [4.69, 9.17) is 5.48 Å². The van der Waals surface area contributed by atoms with Gasteiger partial charge in [0.15, 0.2) is 0 Å². The van der Waals surface area contributed by atoms with Crippen LogP contribution in [-0.4, -0.2) is 0 Å². The number of benzene rings is 8. The summed E-state index contributed by atoms with van der Waals surface area (Å²) < 4.78 is 74.3. The summed E-state index contributed by atoms with van der Waals surface area (Å²) in [6.07, 6.45) is 0. The maximum absolute atomic E-state index is 9.33. The van der Waals surface area contributed by atoms with Gasteiger partial charge in [-0.05, 0) is 66.2 Å². The summed E-state index contributed by atoms with van der Waals surface area (Å²) in [5.74, 6) is 0. The topological polar surface area (TPSA) is 0 Å². The van der Waals surface area contributed by atoms with Crippen molar-refractivity contribution in [1.29, 1.82) is 0 Å². The molecular formula is C42H26S. The molecule has 200 valence electrons. The molecule has 43 heavy (non-hydrogen) atoms. The molecule has 0 aliphatic heterocycles. The molecule has 9 aromatic rings. The van der Waals surface area contributed by atoms with Crippen LogP contribution in [0.2, 0.25) is 0 Å². The SMILES string of the molecule is [2H]c1c([2H])c([2H])c2c(-c3cccc4c3sc3ccccc34)c3c([2H])c([2H])c([2H])c([2H])c3c(-c3ccc(-c4cccc5ccccc45)cc3)c2c1[2H]. The predicted molar refractivity (Wildman–Crippen MR) is 188 cm³/mol. The first-order valence-corrected chi connectivity index (χ1v) is 14.9. The maximum Gasteiger partial charge on any atom is 0.0629 e. The quantitative estimate of drug-likeness (QED) is 0.185. The second-order valence-corrected chi connectivity index (χ2v) is 11.7. The Labute approximate surface area is 265 Å². The molecule has 0 spiro atoms. The van der Waals surface area contributed by atoms with Crippen LogP contribution >= 0.6 is 11.3 Å². The third-order valence-corrected chi connectivity index (χ3v) is 9.54. The van der Waals surface area contributed by atoms with Crippen LogP contribution in [-0.2, 0) is 0 Å². The molecule has 1 heterocycles. The average molecular weight is 571 g/mol. The largest absolute Gasteiger partial charge is 0.135 e. The van der Waals surface area contributed by atoms with Gasteiger partial charge >= 0.3 is 0 Å². The highest BCUT2D eigenvalue weighted by atomic mass is 32.1. The third-order valence-electron chi connectivity index (χ3n) is 8.32. The van der Waals surface area contributed by atoms with Crippen molar-refractivity contribution in [1.82, 2.24) is 0 Å². The predicted octanol–water partition coefficient (Wildman–Crippen LogP) is 12.5. The monoisotopic (exact) mass is 570 g/mol. The molecule has 0 aliphatic carbocycles. The standard InChI is InChI=1S/C42H26S/c1-2-13-30-27(11-1)12-9-19-31(30)28-23-25-29(26-24-28)40-33-15-3-5-17-35(33)41(36-18-6-4-16-34(36)40)38-21-10-20-37-32-14-7-8-22-39(32)43-42(37)38/h1-26H/i3D,4D,5D,6D,15D,16D,17D,18D. The van der Waals surface area contributed by atoms with Gasteiger partial charge in [0.05, 0.1) is 11.0 Å². The van der Waals surface area contributed by atoms with Gasteiger partial charge in [0.2, 0.25) is 0 Å². The van der Waals surface area contributed by atoms with Gasteiger partial charge in [-0.1, -0.05) is 151 Å². The van der Waals surface area contributed by atoms with Gasteiger partial charge in [-0.2, -0.15) is 0 Å². The first kappa shape index (κ1) is 17.7. The van der Waals surface area contributed by atoms with Gasteiger partial charge in [0.1, 0.15) is 0 Å². The minimum absolute atomic E-state index is 0.213. The van der Waals surface area contributed by atoms with E-state index in [1.807, 2.05) is 84.9 Å². The molecule has 0 aliphatic rings. The van der Waals surface area contributed by atoms with Crippen molar-refractivity contribution in [2.75, 3.05) is 0 Å². The second-order valence-electron chi connectivity index (χ2n) is 10.6. The van der Waals surface area contributed by atoms with Crippen molar-refractivity contribution in [3.8, 4) is 33.4 Å². The zero-order chi connectivity index (χ0) is 35.3. The number of hydrogen-bond acceptors (Lipinski definition) is 1. The lowest BCUT2D eigenvalue weighted by Gasteiger charge is -2.18. The molecule has 9 rings (SSSR count). The molecule has 0 nitrogen and oxygen atoms in total. The van der Waals surface area contributed by atoms with Crippen LogP contribution in [0, 0.1) is 0 Å². The minimum atomic E-state index is -0.410. The molecule has 0 radical (unpaired) electrons. The average Bonchev–Trinajstić information content (AvgIpc) is 3.55. The molecule has 8 aromatic carbocycles. The van der Waals surface area contributed by atoms with Crippen LogP contribution in [0.4, 0.5) is 0 Å². The van der Waals surface area contributed by atoms with E-state index in [2.05, 4.69) is 24.3 Å². The van der Waals surface area contributed by atoms with Crippen LogP contribution in [0.15, 0.2) is 158 Å². The lowest BCUT2D eigenvalue weighted by Crippen LogP contribution is -1.91. The zero-order valence-electron chi connectivity index (χ0n) is 30.8. The fourth-order valence-electron chi connectivity index (χ4n) is 6.42. The van der Waals surface area contributed by atoms with Crippen molar-refractivity contribution in [2.24, 2.45) is 0 Å². The Bertz CT molecular complexity index is 2860. The van der Waals surface area contributed by atoms with Crippen LogP contribution < -0.4 is 0 Å². The molecule has 0 saturated carbocycles. The molecule has 1 heteroatoms. The number of thiophene rings is 1. The summed E-state index contributed by atoms with van der Waals surface area (Å²) in [6.45, 7) is 0. The molecule has 0 atom stereocenters. The lowest BCUT2D eigenvalue weighted by atomic mass is 9.85. The van der Waals surface area contributed by atoms with Crippen molar-refractivity contribution >= 4 is 63.8 Å². The van der Waals surface area contributed by atoms with E-state index in [0.717, 1.165) is 42.1 Å². The Morgan fingerprint density at radius 3 is 1.67 bits per heavy atom. The van der Waals surface area contributed by atoms with E-state index in [1.165, 1.54) is 0 Å². The Morgan fingerprint density at radius 2 is 0.930 bits per heavy atom. The van der Waals surface area contributed by atoms with E-state index >= 15 is 0 Å². The van der Waals surface area contributed by atoms with Crippen LogP contribution in [0.3, 0.4) is 0 Å². The minimum Gasteiger partial charge on any atom is -0.135 e. The highest BCUT2D eigenvalue weighted by Crippen LogP contribution is 2.47. The van der Waals surface area contributed by atoms with Gasteiger partial charge in [-0.25, -0.2) is 0 Å². The van der Waals surface area contributed by atoms with Crippen molar-refractivity contribution in [3.63, 3.8) is 0 Å². The summed E-state index contributed by atoms with van der Waals surface area (Å²) in [5.41, 5.74) is 3.92. The first-order chi connectivity index (χ1) is 24.7. The van der Waals surface area contributed by atoms with E-state index in [0.29, 0.717) is 22.3 Å². The second kappa shape index (κ2) is 9.66. The third kappa shape index (κ3) is 3.75. The summed E-state index contributed by atoms with van der Waals surface area (Å²) >= 11 is 1.55. The fraction of sp³-hybridized carbons (Fsp3) is 0. The highest BCUT2D eigenvalue weighted by molar-refractivity contribution is 7.26. The summed E-state index contributed by atoms with van der Waals surface area (Å²) in [5, 5.41) is 5.06. The lowest BCUT2D eigenvalue weighted by molar-refractivity contribution is 1.63. The smallest absolute Gasteiger partial charge is 0.0629 e. The highest BCUT2D eigenvalue weighted by Gasteiger charge is 2.19. The van der Waals surface area contributed by atoms with E-state index in [9.17, 15) is 5.48 Å². The van der Waals surface area contributed by atoms with Crippen LogP contribution in [0.5, 0.6) is 0 Å². The molecule has 0 saturated heterocycles. The molecule has 0 fully saturated rings. The summed E-state index contributed by atoms with van der Waals surface area (Å²) in [7, 11) is 0. The maximum atomic E-state index is 9.33.